The van der Waals surface area contributed by atoms with Gasteiger partial charge in [0.25, 0.3) is 0 Å². The Morgan fingerprint density at radius 3 is 3.07 bits per heavy atom. The Balaban J connectivity index is 2.07. The minimum Gasteiger partial charge on any atom is -0.362 e. The Morgan fingerprint density at radius 1 is 1.43 bits per heavy atom. The van der Waals surface area contributed by atoms with Crippen molar-refractivity contribution in [1.82, 2.24) is 4.98 Å². The highest BCUT2D eigenvalue weighted by atomic mass is 35.5. The highest BCUT2D eigenvalue weighted by Crippen LogP contribution is 2.37. The Morgan fingerprint density at radius 2 is 2.29 bits per heavy atom. The fourth-order valence-corrected chi connectivity index (χ4v) is 2.18. The number of fused-ring (bicyclic) bond motifs is 1. The van der Waals surface area contributed by atoms with Crippen LogP contribution in [0.3, 0.4) is 0 Å². The Kier molecular flexibility index (Phi) is 1.77. The van der Waals surface area contributed by atoms with Gasteiger partial charge in [-0.2, -0.15) is 0 Å². The van der Waals surface area contributed by atoms with Gasteiger partial charge in [-0.1, -0.05) is 11.6 Å². The molecule has 0 aromatic carbocycles. The van der Waals surface area contributed by atoms with Crippen molar-refractivity contribution in [3.63, 3.8) is 0 Å². The Hall–Kier alpha value is -1.02. The van der Waals surface area contributed by atoms with E-state index in [1.165, 1.54) is 24.1 Å². The van der Waals surface area contributed by atoms with E-state index in [1.807, 2.05) is 24.5 Å². The summed E-state index contributed by atoms with van der Waals surface area (Å²) in [5.74, 6) is 0. The topological polar surface area (TPSA) is 16.1 Å². The van der Waals surface area contributed by atoms with Crippen molar-refractivity contribution < 1.29 is 0 Å². The summed E-state index contributed by atoms with van der Waals surface area (Å²) < 4.78 is 0. The summed E-state index contributed by atoms with van der Waals surface area (Å²) in [6.45, 7) is 0.852. The SMILES string of the molecule is ClC1=Cc2ccncc2N(C2CC2)C1. The molecular weight excluding hydrogens is 196 g/mol. The molecule has 0 N–H and O–H groups in total. The standard InChI is InChI=1S/C11H11ClN2/c12-9-5-8-3-4-13-6-11(8)14(7-9)10-1-2-10/h3-6,10H,1-2,7H2. The summed E-state index contributed by atoms with van der Waals surface area (Å²) in [4.78, 5) is 6.54. The summed E-state index contributed by atoms with van der Waals surface area (Å²) in [6, 6.07) is 2.71. The van der Waals surface area contributed by atoms with Crippen molar-refractivity contribution in [3.05, 3.63) is 29.1 Å². The Labute approximate surface area is 88.2 Å². The van der Waals surface area contributed by atoms with Gasteiger partial charge in [-0.25, -0.2) is 0 Å². The number of anilines is 1. The smallest absolute Gasteiger partial charge is 0.0632 e. The van der Waals surface area contributed by atoms with E-state index in [9.17, 15) is 0 Å². The van der Waals surface area contributed by atoms with E-state index in [4.69, 9.17) is 11.6 Å². The molecule has 1 aromatic rings. The van der Waals surface area contributed by atoms with Crippen molar-refractivity contribution >= 4 is 23.4 Å². The monoisotopic (exact) mass is 206 g/mol. The molecule has 0 spiro atoms. The third-order valence-corrected chi connectivity index (χ3v) is 2.99. The zero-order chi connectivity index (χ0) is 9.54. The van der Waals surface area contributed by atoms with Crippen molar-refractivity contribution in [3.8, 4) is 0 Å². The third kappa shape index (κ3) is 1.30. The van der Waals surface area contributed by atoms with Crippen LogP contribution in [0.15, 0.2) is 23.5 Å². The highest BCUT2D eigenvalue weighted by Gasteiger charge is 2.32. The summed E-state index contributed by atoms with van der Waals surface area (Å²) in [6.07, 6.45) is 8.37. The average Bonchev–Trinajstić information content (AvgIpc) is 2.99. The van der Waals surface area contributed by atoms with Crippen LogP contribution in [0.4, 0.5) is 5.69 Å². The molecule has 2 heterocycles. The molecule has 1 saturated carbocycles. The highest BCUT2D eigenvalue weighted by molar-refractivity contribution is 6.32. The van der Waals surface area contributed by atoms with Crippen LogP contribution in [-0.2, 0) is 0 Å². The van der Waals surface area contributed by atoms with Crippen LogP contribution in [-0.4, -0.2) is 17.6 Å². The van der Waals surface area contributed by atoms with Crippen LogP contribution in [0.25, 0.3) is 6.08 Å². The lowest BCUT2D eigenvalue weighted by atomic mass is 10.1. The molecule has 2 nitrogen and oxygen atoms in total. The first-order valence-corrected chi connectivity index (χ1v) is 5.29. The summed E-state index contributed by atoms with van der Waals surface area (Å²) in [7, 11) is 0. The van der Waals surface area contributed by atoms with Crippen LogP contribution in [0.5, 0.6) is 0 Å². The molecule has 1 fully saturated rings. The zero-order valence-corrected chi connectivity index (χ0v) is 8.54. The first-order chi connectivity index (χ1) is 6.84. The number of hydrogen-bond acceptors (Lipinski definition) is 2. The quantitative estimate of drug-likeness (QED) is 0.703. The van der Waals surface area contributed by atoms with Crippen molar-refractivity contribution in [2.75, 3.05) is 11.4 Å². The third-order valence-electron chi connectivity index (χ3n) is 2.76. The molecule has 0 radical (unpaired) electrons. The first kappa shape index (κ1) is 8.30. The lowest BCUT2D eigenvalue weighted by Crippen LogP contribution is -2.29. The second-order valence-electron chi connectivity index (χ2n) is 3.88. The molecule has 0 amide bonds. The molecule has 1 aromatic heterocycles. The second kappa shape index (κ2) is 2.99. The van der Waals surface area contributed by atoms with Gasteiger partial charge in [0, 0.05) is 22.8 Å². The molecule has 1 aliphatic heterocycles. The normalized spacial score (nSPS) is 20.4. The van der Waals surface area contributed by atoms with Crippen LogP contribution in [0.1, 0.15) is 18.4 Å². The number of nitrogens with zero attached hydrogens (tertiary/aromatic N) is 2. The molecular formula is C11H11ClN2. The van der Waals surface area contributed by atoms with Gasteiger partial charge in [-0.3, -0.25) is 4.98 Å². The van der Waals surface area contributed by atoms with Crippen LogP contribution >= 0.6 is 11.6 Å². The number of halogens is 1. The van der Waals surface area contributed by atoms with Crippen molar-refractivity contribution in [1.29, 1.82) is 0 Å². The molecule has 0 atom stereocenters. The largest absolute Gasteiger partial charge is 0.362 e. The molecule has 0 saturated heterocycles. The van der Waals surface area contributed by atoms with Gasteiger partial charge < -0.3 is 4.90 Å². The van der Waals surface area contributed by atoms with Crippen molar-refractivity contribution in [2.24, 2.45) is 0 Å². The first-order valence-electron chi connectivity index (χ1n) is 4.91. The molecule has 72 valence electrons. The van der Waals surface area contributed by atoms with Gasteiger partial charge in [-0.05, 0) is 25.0 Å². The second-order valence-corrected chi connectivity index (χ2v) is 4.37. The van der Waals surface area contributed by atoms with E-state index in [0.717, 1.165) is 11.6 Å². The van der Waals surface area contributed by atoms with E-state index in [1.54, 1.807) is 0 Å². The van der Waals surface area contributed by atoms with Gasteiger partial charge in [0.05, 0.1) is 18.4 Å². The average molecular weight is 207 g/mol. The lowest BCUT2D eigenvalue weighted by molar-refractivity contribution is 0.845. The minimum absolute atomic E-state index is 0.695. The molecule has 3 heteroatoms. The number of pyridine rings is 1. The van der Waals surface area contributed by atoms with Gasteiger partial charge in [-0.15, -0.1) is 0 Å². The summed E-state index contributed by atoms with van der Waals surface area (Å²) >= 11 is 6.11. The number of hydrogen-bond donors (Lipinski definition) is 0. The van der Waals surface area contributed by atoms with Crippen LogP contribution < -0.4 is 4.90 Å². The summed E-state index contributed by atoms with van der Waals surface area (Å²) in [5, 5.41) is 0.926. The predicted octanol–water partition coefficient (Wildman–Crippen LogP) is 2.64. The zero-order valence-electron chi connectivity index (χ0n) is 7.78. The Bertz CT molecular complexity index is 396. The number of aromatic nitrogens is 1. The van der Waals surface area contributed by atoms with E-state index in [2.05, 4.69) is 9.88 Å². The maximum Gasteiger partial charge on any atom is 0.0632 e. The van der Waals surface area contributed by atoms with Crippen LogP contribution in [0, 0.1) is 0 Å². The van der Waals surface area contributed by atoms with Crippen LogP contribution in [0.2, 0.25) is 0 Å². The van der Waals surface area contributed by atoms with E-state index in [-0.39, 0.29) is 0 Å². The number of rotatable bonds is 1. The molecule has 14 heavy (non-hydrogen) atoms. The molecule has 1 aliphatic carbocycles. The van der Waals surface area contributed by atoms with E-state index in [0.29, 0.717) is 6.04 Å². The predicted molar refractivity (Wildman–Crippen MR) is 58.4 cm³/mol. The van der Waals surface area contributed by atoms with Gasteiger partial charge in [0.1, 0.15) is 0 Å². The van der Waals surface area contributed by atoms with E-state index >= 15 is 0 Å². The lowest BCUT2D eigenvalue weighted by Gasteiger charge is -2.29. The molecule has 0 unspecified atom stereocenters. The fraction of sp³-hybridized carbons (Fsp3) is 0.364. The molecule has 3 rings (SSSR count). The summed E-state index contributed by atoms with van der Waals surface area (Å²) in [5.41, 5.74) is 2.43. The molecule has 2 aliphatic rings. The molecule has 0 bridgehead atoms. The maximum absolute atomic E-state index is 6.11. The fourth-order valence-electron chi connectivity index (χ4n) is 1.93. The maximum atomic E-state index is 6.11. The minimum atomic E-state index is 0.695. The van der Waals surface area contributed by atoms with E-state index < -0.39 is 0 Å². The van der Waals surface area contributed by atoms with Crippen molar-refractivity contribution in [2.45, 2.75) is 18.9 Å². The van der Waals surface area contributed by atoms with Gasteiger partial charge in [0.2, 0.25) is 0 Å². The van der Waals surface area contributed by atoms with Gasteiger partial charge >= 0.3 is 0 Å². The van der Waals surface area contributed by atoms with Gasteiger partial charge in [0.15, 0.2) is 0 Å².